The lowest BCUT2D eigenvalue weighted by atomic mass is 10.2. The van der Waals surface area contributed by atoms with Gasteiger partial charge in [0.25, 0.3) is 0 Å². The number of benzene rings is 1. The minimum absolute atomic E-state index is 0.302. The molecule has 1 fully saturated rings. The zero-order valence-electron chi connectivity index (χ0n) is 8.94. The molecule has 2 atom stereocenters. The number of fused-ring (bicyclic) bond motifs is 1. The van der Waals surface area contributed by atoms with Crippen molar-refractivity contribution >= 4 is 11.6 Å². The molecular formula is C13H15NO. The molecule has 0 saturated heterocycles. The molecule has 2 nitrogen and oxygen atoms in total. The van der Waals surface area contributed by atoms with Gasteiger partial charge >= 0.3 is 0 Å². The molecule has 0 bridgehead atoms. The van der Waals surface area contributed by atoms with Gasteiger partial charge in [0.1, 0.15) is 0 Å². The normalized spacial score (nSPS) is 27.7. The fourth-order valence-electron chi connectivity index (χ4n) is 2.43. The van der Waals surface area contributed by atoms with E-state index in [1.54, 1.807) is 0 Å². The zero-order valence-corrected chi connectivity index (χ0v) is 8.94. The first-order valence-electron chi connectivity index (χ1n) is 5.66. The van der Waals surface area contributed by atoms with E-state index in [-0.39, 0.29) is 0 Å². The average Bonchev–Trinajstić information content (AvgIpc) is 2.83. The number of carbonyl (C=O) groups excluding carboxylic acids is 1. The van der Waals surface area contributed by atoms with Crippen LogP contribution in [0.3, 0.4) is 0 Å². The van der Waals surface area contributed by atoms with E-state index in [0.717, 1.165) is 25.1 Å². The van der Waals surface area contributed by atoms with E-state index in [1.165, 1.54) is 5.56 Å². The van der Waals surface area contributed by atoms with Gasteiger partial charge in [0.2, 0.25) is 5.91 Å². The zero-order chi connectivity index (χ0) is 10.4. The van der Waals surface area contributed by atoms with E-state index >= 15 is 0 Å². The molecule has 0 aromatic heterocycles. The summed E-state index contributed by atoms with van der Waals surface area (Å²) in [7, 11) is 0. The lowest BCUT2D eigenvalue weighted by Gasteiger charge is -2.17. The molecule has 1 aromatic carbocycles. The highest BCUT2D eigenvalue weighted by atomic mass is 16.2. The Morgan fingerprint density at radius 3 is 2.87 bits per heavy atom. The van der Waals surface area contributed by atoms with E-state index in [4.69, 9.17) is 0 Å². The first kappa shape index (κ1) is 8.96. The van der Waals surface area contributed by atoms with Gasteiger partial charge in [-0.15, -0.1) is 0 Å². The highest BCUT2D eigenvalue weighted by molar-refractivity contribution is 5.98. The Labute approximate surface area is 89.9 Å². The maximum atomic E-state index is 12.1. The van der Waals surface area contributed by atoms with Crippen LogP contribution in [0.1, 0.15) is 18.9 Å². The molecular weight excluding hydrogens is 186 g/mol. The van der Waals surface area contributed by atoms with Crippen molar-refractivity contribution in [3.05, 3.63) is 29.8 Å². The van der Waals surface area contributed by atoms with Gasteiger partial charge in [-0.1, -0.05) is 25.1 Å². The lowest BCUT2D eigenvalue weighted by molar-refractivity contribution is -0.119. The largest absolute Gasteiger partial charge is 0.312 e. The fraction of sp³-hybridized carbons (Fsp3) is 0.462. The molecule has 0 radical (unpaired) electrons. The third-order valence-corrected chi connectivity index (χ3v) is 3.58. The van der Waals surface area contributed by atoms with Crippen LogP contribution in [0.2, 0.25) is 0 Å². The second-order valence-corrected chi connectivity index (χ2v) is 4.69. The highest BCUT2D eigenvalue weighted by Crippen LogP contribution is 2.41. The standard InChI is InChI=1S/C13H15NO/c1-9-8-11(9)13(15)14-7-6-10-4-2-3-5-12(10)14/h2-5,9,11H,6-8H2,1H3. The first-order valence-corrected chi connectivity index (χ1v) is 5.66. The summed E-state index contributed by atoms with van der Waals surface area (Å²) < 4.78 is 0. The second kappa shape index (κ2) is 3.09. The molecule has 2 heteroatoms. The molecule has 15 heavy (non-hydrogen) atoms. The van der Waals surface area contributed by atoms with Crippen LogP contribution >= 0.6 is 0 Å². The predicted molar refractivity (Wildman–Crippen MR) is 59.8 cm³/mol. The number of rotatable bonds is 1. The van der Waals surface area contributed by atoms with Crippen LogP contribution < -0.4 is 4.90 Å². The van der Waals surface area contributed by atoms with Gasteiger partial charge in [-0.25, -0.2) is 0 Å². The summed E-state index contributed by atoms with van der Waals surface area (Å²) >= 11 is 0. The quantitative estimate of drug-likeness (QED) is 0.682. The summed E-state index contributed by atoms with van der Waals surface area (Å²) in [6.45, 7) is 3.03. The summed E-state index contributed by atoms with van der Waals surface area (Å²) in [6.07, 6.45) is 2.10. The predicted octanol–water partition coefficient (Wildman–Crippen LogP) is 2.23. The molecule has 3 rings (SSSR count). The van der Waals surface area contributed by atoms with Crippen molar-refractivity contribution in [3.8, 4) is 0 Å². The lowest BCUT2D eigenvalue weighted by Crippen LogP contribution is -2.30. The van der Waals surface area contributed by atoms with Crippen molar-refractivity contribution in [1.82, 2.24) is 0 Å². The molecule has 0 N–H and O–H groups in total. The molecule has 1 aliphatic carbocycles. The molecule has 2 unspecified atom stereocenters. The van der Waals surface area contributed by atoms with Gasteiger partial charge in [-0.2, -0.15) is 0 Å². The maximum absolute atomic E-state index is 12.1. The summed E-state index contributed by atoms with van der Waals surface area (Å²) in [4.78, 5) is 14.1. The minimum Gasteiger partial charge on any atom is -0.312 e. The molecule has 1 amide bonds. The van der Waals surface area contributed by atoms with E-state index in [2.05, 4.69) is 19.1 Å². The van der Waals surface area contributed by atoms with E-state index in [9.17, 15) is 4.79 Å². The Balaban J connectivity index is 1.87. The number of hydrogen-bond donors (Lipinski definition) is 0. The third kappa shape index (κ3) is 1.36. The van der Waals surface area contributed by atoms with Gasteiger partial charge in [0.15, 0.2) is 0 Å². The Bertz CT molecular complexity index is 413. The molecule has 2 aliphatic rings. The van der Waals surface area contributed by atoms with E-state index < -0.39 is 0 Å². The van der Waals surface area contributed by atoms with Gasteiger partial charge in [-0.05, 0) is 30.4 Å². The topological polar surface area (TPSA) is 20.3 Å². The van der Waals surface area contributed by atoms with Gasteiger partial charge in [-0.3, -0.25) is 4.79 Å². The van der Waals surface area contributed by atoms with Crippen LogP contribution in [0.4, 0.5) is 5.69 Å². The summed E-state index contributed by atoms with van der Waals surface area (Å²) in [5.41, 5.74) is 2.46. The SMILES string of the molecule is CC1CC1C(=O)N1CCc2ccccc21. The fourth-order valence-corrected chi connectivity index (χ4v) is 2.43. The Hall–Kier alpha value is -1.31. The smallest absolute Gasteiger partial charge is 0.230 e. The monoisotopic (exact) mass is 201 g/mol. The Morgan fingerprint density at radius 1 is 1.40 bits per heavy atom. The number of carbonyl (C=O) groups is 1. The molecule has 1 aromatic rings. The van der Waals surface area contributed by atoms with Gasteiger partial charge < -0.3 is 4.90 Å². The van der Waals surface area contributed by atoms with Crippen LogP contribution in [0, 0.1) is 11.8 Å². The van der Waals surface area contributed by atoms with Crippen molar-refractivity contribution in [2.75, 3.05) is 11.4 Å². The Kier molecular flexibility index (Phi) is 1.84. The number of nitrogens with zero attached hydrogens (tertiary/aromatic N) is 1. The molecule has 1 aliphatic heterocycles. The van der Waals surface area contributed by atoms with E-state index in [1.807, 2.05) is 17.0 Å². The van der Waals surface area contributed by atoms with Crippen molar-refractivity contribution in [1.29, 1.82) is 0 Å². The summed E-state index contributed by atoms with van der Waals surface area (Å²) in [5.74, 6) is 1.24. The number of amides is 1. The first-order chi connectivity index (χ1) is 7.27. The number of hydrogen-bond acceptors (Lipinski definition) is 1. The number of para-hydroxylation sites is 1. The van der Waals surface area contributed by atoms with Crippen molar-refractivity contribution < 1.29 is 4.79 Å². The minimum atomic E-state index is 0.302. The van der Waals surface area contributed by atoms with E-state index in [0.29, 0.717) is 17.7 Å². The van der Waals surface area contributed by atoms with Crippen molar-refractivity contribution in [3.63, 3.8) is 0 Å². The van der Waals surface area contributed by atoms with Crippen LogP contribution in [0.25, 0.3) is 0 Å². The average molecular weight is 201 g/mol. The molecule has 78 valence electrons. The van der Waals surface area contributed by atoms with Crippen molar-refractivity contribution in [2.24, 2.45) is 11.8 Å². The molecule has 1 heterocycles. The second-order valence-electron chi connectivity index (χ2n) is 4.69. The van der Waals surface area contributed by atoms with Crippen LogP contribution in [-0.4, -0.2) is 12.5 Å². The van der Waals surface area contributed by atoms with Crippen LogP contribution in [0.5, 0.6) is 0 Å². The highest BCUT2D eigenvalue weighted by Gasteiger charge is 2.42. The van der Waals surface area contributed by atoms with Crippen LogP contribution in [0.15, 0.2) is 24.3 Å². The Morgan fingerprint density at radius 2 is 2.13 bits per heavy atom. The molecule has 1 saturated carbocycles. The van der Waals surface area contributed by atoms with Crippen molar-refractivity contribution in [2.45, 2.75) is 19.8 Å². The third-order valence-electron chi connectivity index (χ3n) is 3.58. The van der Waals surface area contributed by atoms with Gasteiger partial charge in [0.05, 0.1) is 0 Å². The maximum Gasteiger partial charge on any atom is 0.230 e. The van der Waals surface area contributed by atoms with Gasteiger partial charge in [0, 0.05) is 18.2 Å². The summed E-state index contributed by atoms with van der Waals surface area (Å²) in [6, 6.07) is 8.25. The summed E-state index contributed by atoms with van der Waals surface area (Å²) in [5, 5.41) is 0. The molecule has 0 spiro atoms. The number of anilines is 1. The van der Waals surface area contributed by atoms with Crippen LogP contribution in [-0.2, 0) is 11.2 Å².